The number of aromatic nitrogens is 4. The molecule has 168 valence electrons. The highest BCUT2D eigenvalue weighted by molar-refractivity contribution is 5.94. The van der Waals surface area contributed by atoms with Crippen molar-refractivity contribution >= 4 is 23.4 Å². The van der Waals surface area contributed by atoms with Crippen LogP contribution in [0.2, 0.25) is 0 Å². The molecule has 0 fully saturated rings. The molecule has 32 heavy (non-hydrogen) atoms. The lowest BCUT2D eigenvalue weighted by Gasteiger charge is -2.10. The van der Waals surface area contributed by atoms with Gasteiger partial charge in [0.15, 0.2) is 11.5 Å². The van der Waals surface area contributed by atoms with Gasteiger partial charge in [-0.25, -0.2) is 9.97 Å². The molecule has 0 saturated carbocycles. The second-order valence-corrected chi connectivity index (χ2v) is 7.00. The van der Waals surface area contributed by atoms with E-state index in [-0.39, 0.29) is 33.6 Å². The van der Waals surface area contributed by atoms with Gasteiger partial charge >= 0.3 is 6.01 Å². The Morgan fingerprint density at radius 1 is 1.12 bits per heavy atom. The summed E-state index contributed by atoms with van der Waals surface area (Å²) in [6, 6.07) is 14.6. The molecule has 2 aromatic carbocycles. The Kier molecular flexibility index (Phi) is 5.67. The van der Waals surface area contributed by atoms with E-state index in [0.29, 0.717) is 22.7 Å². The molecule has 0 aliphatic carbocycles. The third kappa shape index (κ3) is 4.19. The smallest absolute Gasteiger partial charge is 0.320 e. The number of benzene rings is 2. The van der Waals surface area contributed by atoms with Gasteiger partial charge in [-0.2, -0.15) is 0 Å². The van der Waals surface area contributed by atoms with Gasteiger partial charge in [-0.05, 0) is 24.3 Å². The molecule has 0 spiro atoms. The number of rotatable bonds is 6. The van der Waals surface area contributed by atoms with Crippen LogP contribution in [0.25, 0.3) is 22.8 Å². The average Bonchev–Trinajstić information content (AvgIpc) is 3.27. The molecule has 10 heteroatoms. The Morgan fingerprint density at radius 2 is 1.88 bits per heavy atom. The second kappa shape index (κ2) is 8.72. The molecule has 0 saturated heterocycles. The van der Waals surface area contributed by atoms with Crippen LogP contribution in [0.4, 0.5) is 17.5 Å². The lowest BCUT2D eigenvalue weighted by Crippen LogP contribution is -2.21. The monoisotopic (exact) mass is 437 g/mol. The molecule has 3 N–H and O–H groups in total. The predicted octanol–water partition coefficient (Wildman–Crippen LogP) is 3.97. The Hall–Kier alpha value is -4.47. The molecule has 1 amide bonds. The molecule has 0 aliphatic rings. The van der Waals surface area contributed by atoms with Gasteiger partial charge in [0, 0.05) is 29.5 Å². The third-order valence-electron chi connectivity index (χ3n) is 4.61. The van der Waals surface area contributed by atoms with E-state index < -0.39 is 0 Å². The first-order chi connectivity index (χ1) is 15.5. The van der Waals surface area contributed by atoms with Crippen LogP contribution in [0.1, 0.15) is 14.6 Å². The van der Waals surface area contributed by atoms with E-state index in [1.807, 2.05) is 24.3 Å². The third-order valence-corrected chi connectivity index (χ3v) is 4.61. The summed E-state index contributed by atoms with van der Waals surface area (Å²) in [5.41, 5.74) is 8.84. The highest BCUT2D eigenvalue weighted by atomic mass is 16.5. The molecular weight excluding hydrogens is 410 g/mol. The molecule has 2 heterocycles. The van der Waals surface area contributed by atoms with E-state index in [0.717, 1.165) is 5.56 Å². The minimum absolute atomic E-state index is 0. The van der Waals surface area contributed by atoms with Crippen molar-refractivity contribution in [3.8, 4) is 28.6 Å². The van der Waals surface area contributed by atoms with E-state index >= 15 is 0 Å². The zero-order valence-corrected chi connectivity index (χ0v) is 17.7. The minimum Gasteiger partial charge on any atom is -0.495 e. The van der Waals surface area contributed by atoms with Crippen LogP contribution in [0.5, 0.6) is 5.75 Å². The summed E-state index contributed by atoms with van der Waals surface area (Å²) in [4.78, 5) is 22.4. The van der Waals surface area contributed by atoms with E-state index in [2.05, 4.69) is 25.5 Å². The van der Waals surface area contributed by atoms with Crippen LogP contribution in [0, 0.1) is 0 Å². The minimum atomic E-state index is -0.0819. The van der Waals surface area contributed by atoms with Gasteiger partial charge in [-0.1, -0.05) is 29.4 Å². The number of nitrogens with zero attached hydrogens (tertiary/aromatic N) is 5. The summed E-state index contributed by atoms with van der Waals surface area (Å²) in [5, 5.41) is 11.1. The van der Waals surface area contributed by atoms with Crippen LogP contribution in [0.15, 0.2) is 59.1 Å². The topological polar surface area (TPSA) is 132 Å². The van der Waals surface area contributed by atoms with Gasteiger partial charge in [0.2, 0.25) is 0 Å². The zero-order valence-electron chi connectivity index (χ0n) is 17.7. The van der Waals surface area contributed by atoms with Gasteiger partial charge in [0.1, 0.15) is 5.75 Å². The molecule has 2 aromatic heterocycles. The number of para-hydroxylation sites is 2. The van der Waals surface area contributed by atoms with Crippen LogP contribution >= 0.6 is 0 Å². The molecule has 0 bridgehead atoms. The number of carbonyl (C=O) groups is 1. The first kappa shape index (κ1) is 20.8. The number of carbonyl (C=O) groups excluding carboxylic acids is 1. The van der Waals surface area contributed by atoms with Crippen molar-refractivity contribution in [3.05, 3.63) is 60.3 Å². The van der Waals surface area contributed by atoms with Crippen molar-refractivity contribution in [2.75, 3.05) is 32.3 Å². The van der Waals surface area contributed by atoms with Crippen LogP contribution in [0.3, 0.4) is 0 Å². The van der Waals surface area contributed by atoms with Gasteiger partial charge in [-0.3, -0.25) is 4.79 Å². The maximum atomic E-state index is 12.1. The fourth-order valence-corrected chi connectivity index (χ4v) is 2.97. The van der Waals surface area contributed by atoms with Crippen molar-refractivity contribution in [1.82, 2.24) is 25.1 Å². The Labute approximate surface area is 188 Å². The molecule has 0 aliphatic heterocycles. The van der Waals surface area contributed by atoms with Crippen molar-refractivity contribution in [1.29, 1.82) is 0 Å². The van der Waals surface area contributed by atoms with Crippen LogP contribution in [-0.2, 0) is 0 Å². The molecule has 4 rings (SSSR count). The Bertz CT molecular complexity index is 1270. The highest BCUT2D eigenvalue weighted by Gasteiger charge is 2.17. The van der Waals surface area contributed by atoms with E-state index in [1.165, 1.54) is 4.90 Å². The fraction of sp³-hybridized carbons (Fsp3) is 0.136. The van der Waals surface area contributed by atoms with E-state index in [4.69, 9.17) is 14.9 Å². The Morgan fingerprint density at radius 3 is 2.59 bits per heavy atom. The summed E-state index contributed by atoms with van der Waals surface area (Å²) in [6.07, 6.45) is 1.55. The molecule has 0 radical (unpaired) electrons. The number of hydrogen-bond donors (Lipinski definition) is 2. The number of anilines is 3. The quantitative estimate of drug-likeness (QED) is 0.460. The lowest BCUT2D eigenvalue weighted by atomic mass is 10.1. The largest absolute Gasteiger partial charge is 0.495 e. The first-order valence-corrected chi connectivity index (χ1v) is 9.65. The summed E-state index contributed by atoms with van der Waals surface area (Å²) >= 11 is 0. The average molecular weight is 438 g/mol. The van der Waals surface area contributed by atoms with E-state index in [1.54, 1.807) is 51.7 Å². The SMILES string of the molecule is COc1ccccc1Nc1nnc(-c2nc(-c3ccc(C(=O)N(C)C)cc3)cnc2N)o1.[HH].[HH].[HH]. The maximum Gasteiger partial charge on any atom is 0.320 e. The van der Waals surface area contributed by atoms with Crippen LogP contribution < -0.4 is 15.8 Å². The number of hydrogen-bond acceptors (Lipinski definition) is 9. The second-order valence-electron chi connectivity index (χ2n) is 7.00. The number of ether oxygens (including phenoxy) is 1. The number of nitrogen functional groups attached to an aromatic ring is 1. The van der Waals surface area contributed by atoms with Crippen LogP contribution in [-0.4, -0.2) is 52.2 Å². The molecule has 0 unspecified atom stereocenters. The molecule has 4 aromatic rings. The molecular formula is C22H27N7O3. The number of nitrogens with one attached hydrogen (secondary N) is 1. The Balaban J connectivity index is 0.00000204. The van der Waals surface area contributed by atoms with Gasteiger partial charge in [0.05, 0.1) is 24.7 Å². The predicted molar refractivity (Wildman–Crippen MR) is 126 cm³/mol. The van der Waals surface area contributed by atoms with Crippen molar-refractivity contribution in [2.45, 2.75) is 0 Å². The summed E-state index contributed by atoms with van der Waals surface area (Å²) in [5.74, 6) is 0.820. The zero-order chi connectivity index (χ0) is 22.7. The number of methoxy groups -OCH3 is 1. The molecule has 0 atom stereocenters. The summed E-state index contributed by atoms with van der Waals surface area (Å²) < 4.78 is 11.0. The first-order valence-electron chi connectivity index (χ1n) is 9.65. The van der Waals surface area contributed by atoms with E-state index in [9.17, 15) is 4.79 Å². The normalized spacial score (nSPS) is 10.6. The summed E-state index contributed by atoms with van der Waals surface area (Å²) in [6.45, 7) is 0. The van der Waals surface area contributed by atoms with Gasteiger partial charge < -0.3 is 25.1 Å². The highest BCUT2D eigenvalue weighted by Crippen LogP contribution is 2.30. The summed E-state index contributed by atoms with van der Waals surface area (Å²) in [7, 11) is 4.98. The maximum absolute atomic E-state index is 12.1. The molecule has 10 nitrogen and oxygen atoms in total. The van der Waals surface area contributed by atoms with Crippen molar-refractivity contribution in [3.63, 3.8) is 0 Å². The standard InChI is InChI=1S/C22H21N7O3.3H2/c1-29(2)21(30)14-10-8-13(9-11-14)16-12-24-19(23)18(25-16)20-27-28-22(32-20)26-15-6-4-5-7-17(15)31-3;;;/h4-12H,1-3H3,(H2,23,24)(H,26,28);3*1H. The number of amides is 1. The van der Waals surface area contributed by atoms with Crippen molar-refractivity contribution < 1.29 is 18.2 Å². The van der Waals surface area contributed by atoms with Crippen molar-refractivity contribution in [2.24, 2.45) is 0 Å². The lowest BCUT2D eigenvalue weighted by molar-refractivity contribution is 0.0827. The fourth-order valence-electron chi connectivity index (χ4n) is 2.97. The number of nitrogens with two attached hydrogens (primary N) is 1. The van der Waals surface area contributed by atoms with Gasteiger partial charge in [0.25, 0.3) is 11.8 Å². The van der Waals surface area contributed by atoms with Gasteiger partial charge in [-0.15, -0.1) is 5.10 Å².